The molecule has 0 unspecified atom stereocenters. The summed E-state index contributed by atoms with van der Waals surface area (Å²) in [7, 11) is 0. The minimum absolute atomic E-state index is 0.101. The Hall–Kier alpha value is -0.710. The van der Waals surface area contributed by atoms with E-state index in [0.29, 0.717) is 5.75 Å². The van der Waals surface area contributed by atoms with Crippen LogP contribution in [0.1, 0.15) is 47.5 Å². The zero-order valence-electron chi connectivity index (χ0n) is 14.1. The van der Waals surface area contributed by atoms with E-state index >= 15 is 0 Å². The monoisotopic (exact) mass is 314 g/mol. The number of carbonyl (C=O) groups excluding carboxylic acids is 2. The van der Waals surface area contributed by atoms with Crippen LogP contribution < -0.4 is 0 Å². The molecule has 0 saturated carbocycles. The summed E-state index contributed by atoms with van der Waals surface area (Å²) in [5.74, 6) is 1.11. The van der Waals surface area contributed by atoms with Gasteiger partial charge in [-0.2, -0.15) is 0 Å². The first-order chi connectivity index (χ1) is 9.78. The third kappa shape index (κ3) is 5.89. The predicted molar refractivity (Wildman–Crippen MR) is 89.4 cm³/mol. The van der Waals surface area contributed by atoms with Crippen LogP contribution in [0.2, 0.25) is 0 Å². The van der Waals surface area contributed by atoms with Gasteiger partial charge in [0.05, 0.1) is 5.75 Å². The van der Waals surface area contributed by atoms with Gasteiger partial charge < -0.3 is 9.80 Å². The topological polar surface area (TPSA) is 40.6 Å². The number of thioether (sulfide) groups is 1. The number of carbonyl (C=O) groups is 2. The highest BCUT2D eigenvalue weighted by atomic mass is 32.2. The van der Waals surface area contributed by atoms with Crippen LogP contribution in [-0.2, 0) is 9.59 Å². The number of hydrogen-bond acceptors (Lipinski definition) is 3. The fourth-order valence-corrected chi connectivity index (χ4v) is 3.28. The maximum absolute atomic E-state index is 12.3. The Balaban J connectivity index is 2.41. The second-order valence-corrected chi connectivity index (χ2v) is 8.37. The molecule has 0 aromatic heterocycles. The first-order valence-corrected chi connectivity index (χ1v) is 8.97. The van der Waals surface area contributed by atoms with Gasteiger partial charge in [0.1, 0.15) is 0 Å². The molecule has 122 valence electrons. The Morgan fingerprint density at radius 3 is 2.10 bits per heavy atom. The third-order valence-corrected chi connectivity index (χ3v) is 5.16. The average Bonchev–Trinajstić information content (AvgIpc) is 2.45. The van der Waals surface area contributed by atoms with Crippen molar-refractivity contribution < 1.29 is 9.59 Å². The van der Waals surface area contributed by atoms with E-state index in [0.717, 1.165) is 39.0 Å². The quantitative estimate of drug-likeness (QED) is 0.783. The lowest BCUT2D eigenvalue weighted by atomic mass is 9.95. The summed E-state index contributed by atoms with van der Waals surface area (Å²) in [6, 6.07) is 0. The Kier molecular flexibility index (Phi) is 7.04. The normalized spacial score (nSPS) is 16.9. The van der Waals surface area contributed by atoms with E-state index < -0.39 is 0 Å². The minimum atomic E-state index is 0.101. The summed E-state index contributed by atoms with van der Waals surface area (Å²) >= 11 is 1.69. The maximum atomic E-state index is 12.3. The van der Waals surface area contributed by atoms with Gasteiger partial charge in [-0.3, -0.25) is 9.59 Å². The summed E-state index contributed by atoms with van der Waals surface area (Å²) in [4.78, 5) is 28.3. The summed E-state index contributed by atoms with van der Waals surface area (Å²) in [5.41, 5.74) is 0. The van der Waals surface area contributed by atoms with Gasteiger partial charge in [-0.05, 0) is 26.7 Å². The van der Waals surface area contributed by atoms with Gasteiger partial charge in [0.25, 0.3) is 0 Å². The first-order valence-electron chi connectivity index (χ1n) is 7.99. The van der Waals surface area contributed by atoms with Crippen LogP contribution in [0.15, 0.2) is 0 Å². The van der Waals surface area contributed by atoms with Crippen molar-refractivity contribution in [1.29, 1.82) is 0 Å². The molecule has 1 heterocycles. The minimum Gasteiger partial charge on any atom is -0.343 e. The second-order valence-electron chi connectivity index (χ2n) is 6.57. The van der Waals surface area contributed by atoms with Gasteiger partial charge in [-0.1, -0.05) is 20.8 Å². The van der Waals surface area contributed by atoms with Crippen molar-refractivity contribution in [2.24, 2.45) is 5.92 Å². The molecule has 1 rings (SSSR count). The van der Waals surface area contributed by atoms with Crippen LogP contribution in [0.5, 0.6) is 0 Å². The zero-order chi connectivity index (χ0) is 16.0. The molecule has 0 N–H and O–H groups in total. The number of hydrogen-bond donors (Lipinski definition) is 0. The van der Waals surface area contributed by atoms with E-state index in [1.54, 1.807) is 11.8 Å². The molecule has 1 fully saturated rings. The highest BCUT2D eigenvalue weighted by Crippen LogP contribution is 2.25. The second kappa shape index (κ2) is 8.06. The Labute approximate surface area is 133 Å². The van der Waals surface area contributed by atoms with Crippen molar-refractivity contribution in [3.63, 3.8) is 0 Å². The number of amides is 2. The molecular weight excluding hydrogens is 284 g/mol. The summed E-state index contributed by atoms with van der Waals surface area (Å²) in [6.07, 6.45) is 1.61. The largest absolute Gasteiger partial charge is 0.343 e. The van der Waals surface area contributed by atoms with Crippen molar-refractivity contribution in [3.05, 3.63) is 0 Å². The lowest BCUT2D eigenvalue weighted by Gasteiger charge is -2.34. The fraction of sp³-hybridized carbons (Fsp3) is 0.875. The van der Waals surface area contributed by atoms with Crippen LogP contribution >= 0.6 is 11.8 Å². The molecule has 0 aromatic carbocycles. The van der Waals surface area contributed by atoms with Gasteiger partial charge in [0, 0.05) is 36.8 Å². The molecule has 0 bridgehead atoms. The Bertz CT molecular complexity index is 354. The molecule has 1 aliphatic heterocycles. The molecule has 5 heteroatoms. The van der Waals surface area contributed by atoms with E-state index in [1.807, 2.05) is 23.6 Å². The van der Waals surface area contributed by atoms with E-state index in [1.165, 1.54) is 0 Å². The van der Waals surface area contributed by atoms with Gasteiger partial charge in [0.15, 0.2) is 0 Å². The van der Waals surface area contributed by atoms with Crippen molar-refractivity contribution in [2.45, 2.75) is 52.2 Å². The van der Waals surface area contributed by atoms with E-state index in [2.05, 4.69) is 20.8 Å². The lowest BCUT2D eigenvalue weighted by Crippen LogP contribution is -2.45. The molecule has 0 radical (unpaired) electrons. The summed E-state index contributed by atoms with van der Waals surface area (Å²) in [6.45, 7) is 13.4. The van der Waals surface area contributed by atoms with E-state index in [4.69, 9.17) is 0 Å². The SMILES string of the molecule is CCN(CC)C(=O)C1CCN(C(=O)CSC(C)(C)C)CC1. The molecule has 2 amide bonds. The molecule has 0 aromatic rings. The van der Waals surface area contributed by atoms with Crippen molar-refractivity contribution in [1.82, 2.24) is 9.80 Å². The van der Waals surface area contributed by atoms with Gasteiger partial charge in [-0.15, -0.1) is 11.8 Å². The Morgan fingerprint density at radius 1 is 1.14 bits per heavy atom. The highest BCUT2D eigenvalue weighted by molar-refractivity contribution is 8.01. The first kappa shape index (κ1) is 18.3. The van der Waals surface area contributed by atoms with E-state index in [9.17, 15) is 9.59 Å². The van der Waals surface area contributed by atoms with Crippen molar-refractivity contribution in [3.8, 4) is 0 Å². The number of rotatable bonds is 5. The van der Waals surface area contributed by atoms with Crippen LogP contribution in [0, 0.1) is 5.92 Å². The number of piperidine rings is 1. The van der Waals surface area contributed by atoms with Gasteiger partial charge in [0.2, 0.25) is 11.8 Å². The smallest absolute Gasteiger partial charge is 0.232 e. The maximum Gasteiger partial charge on any atom is 0.232 e. The predicted octanol–water partition coefficient (Wildman–Crippen LogP) is 2.63. The average molecular weight is 314 g/mol. The highest BCUT2D eigenvalue weighted by Gasteiger charge is 2.29. The molecule has 1 aliphatic rings. The summed E-state index contributed by atoms with van der Waals surface area (Å²) < 4.78 is 0.118. The third-order valence-electron chi connectivity index (χ3n) is 3.90. The molecule has 0 atom stereocenters. The van der Waals surface area contributed by atoms with E-state index in [-0.39, 0.29) is 22.5 Å². The van der Waals surface area contributed by atoms with Crippen LogP contribution in [0.4, 0.5) is 0 Å². The van der Waals surface area contributed by atoms with Gasteiger partial charge >= 0.3 is 0 Å². The molecule has 0 spiro atoms. The molecular formula is C16H30N2O2S. The zero-order valence-corrected chi connectivity index (χ0v) is 15.0. The standard InChI is InChI=1S/C16H30N2O2S/c1-6-17(7-2)15(20)13-8-10-18(11-9-13)14(19)12-21-16(3,4)5/h13H,6-12H2,1-5H3. The van der Waals surface area contributed by atoms with Gasteiger partial charge in [-0.25, -0.2) is 0 Å². The van der Waals surface area contributed by atoms with Crippen LogP contribution in [-0.4, -0.2) is 58.3 Å². The lowest BCUT2D eigenvalue weighted by molar-refractivity contribution is -0.139. The molecule has 1 saturated heterocycles. The van der Waals surface area contributed by atoms with Crippen LogP contribution in [0.25, 0.3) is 0 Å². The number of nitrogens with zero attached hydrogens (tertiary/aromatic N) is 2. The van der Waals surface area contributed by atoms with Crippen molar-refractivity contribution in [2.75, 3.05) is 31.9 Å². The van der Waals surface area contributed by atoms with Crippen molar-refractivity contribution >= 4 is 23.6 Å². The Morgan fingerprint density at radius 2 is 1.67 bits per heavy atom. The number of likely N-dealkylation sites (tertiary alicyclic amines) is 1. The molecule has 0 aliphatic carbocycles. The summed E-state index contributed by atoms with van der Waals surface area (Å²) in [5, 5.41) is 0. The molecule has 4 nitrogen and oxygen atoms in total. The fourth-order valence-electron chi connectivity index (χ4n) is 2.54. The van der Waals surface area contributed by atoms with Crippen LogP contribution in [0.3, 0.4) is 0 Å². The molecule has 21 heavy (non-hydrogen) atoms.